The van der Waals surface area contributed by atoms with Crippen molar-refractivity contribution in [1.29, 1.82) is 5.26 Å². The fourth-order valence-electron chi connectivity index (χ4n) is 1.40. The van der Waals surface area contributed by atoms with Crippen molar-refractivity contribution >= 4 is 11.7 Å². The van der Waals surface area contributed by atoms with Crippen molar-refractivity contribution < 1.29 is 14.3 Å². The molecule has 0 aromatic heterocycles. The molecule has 5 nitrogen and oxygen atoms in total. The SMILES string of the molecule is CCOC(=O)/C(C#N)=C\Nc1ccc(OC(C)C)cc1. The number of carbonyl (C=O) groups is 1. The standard InChI is InChI=1S/C15H18N2O3/c1-4-19-15(18)12(9-16)10-17-13-5-7-14(8-6-13)20-11(2)3/h5-8,10-11,17H,4H2,1-3H3/b12-10-. The number of nitrogens with zero attached hydrogens (tertiary/aromatic N) is 1. The minimum atomic E-state index is -0.637. The first-order valence-corrected chi connectivity index (χ1v) is 6.37. The third kappa shape index (κ3) is 5.02. The zero-order chi connectivity index (χ0) is 15.0. The van der Waals surface area contributed by atoms with Gasteiger partial charge >= 0.3 is 5.97 Å². The number of anilines is 1. The molecular formula is C15H18N2O3. The second-order valence-corrected chi connectivity index (χ2v) is 4.23. The summed E-state index contributed by atoms with van der Waals surface area (Å²) >= 11 is 0. The Kier molecular flexibility index (Phi) is 6.11. The van der Waals surface area contributed by atoms with Gasteiger partial charge in [0.15, 0.2) is 5.57 Å². The highest BCUT2D eigenvalue weighted by atomic mass is 16.5. The molecule has 0 bridgehead atoms. The summed E-state index contributed by atoms with van der Waals surface area (Å²) in [6.07, 6.45) is 1.44. The molecule has 5 heteroatoms. The van der Waals surface area contributed by atoms with E-state index >= 15 is 0 Å². The van der Waals surface area contributed by atoms with Crippen LogP contribution >= 0.6 is 0 Å². The highest BCUT2D eigenvalue weighted by Crippen LogP contribution is 2.17. The van der Waals surface area contributed by atoms with Crippen molar-refractivity contribution in [3.8, 4) is 11.8 Å². The normalized spacial score (nSPS) is 10.8. The molecule has 0 aliphatic rings. The predicted octanol–water partition coefficient (Wildman–Crippen LogP) is 2.86. The molecule has 0 aliphatic heterocycles. The van der Waals surface area contributed by atoms with E-state index < -0.39 is 5.97 Å². The molecule has 0 atom stereocenters. The van der Waals surface area contributed by atoms with Gasteiger partial charge in [0.1, 0.15) is 11.8 Å². The Morgan fingerprint density at radius 3 is 2.55 bits per heavy atom. The smallest absolute Gasteiger partial charge is 0.350 e. The molecule has 1 aromatic rings. The van der Waals surface area contributed by atoms with E-state index in [1.165, 1.54) is 6.20 Å². The number of ether oxygens (including phenoxy) is 2. The third-order valence-corrected chi connectivity index (χ3v) is 2.23. The molecule has 0 unspecified atom stereocenters. The van der Waals surface area contributed by atoms with Crippen molar-refractivity contribution in [3.63, 3.8) is 0 Å². The summed E-state index contributed by atoms with van der Waals surface area (Å²) in [4.78, 5) is 11.4. The van der Waals surface area contributed by atoms with E-state index in [1.54, 1.807) is 25.1 Å². The molecule has 0 saturated heterocycles. The van der Waals surface area contributed by atoms with Crippen LogP contribution in [0.15, 0.2) is 36.0 Å². The summed E-state index contributed by atoms with van der Waals surface area (Å²) in [5.41, 5.74) is 0.674. The van der Waals surface area contributed by atoms with E-state index in [0.717, 1.165) is 11.4 Å². The van der Waals surface area contributed by atoms with E-state index in [0.29, 0.717) is 0 Å². The van der Waals surface area contributed by atoms with Crippen LogP contribution in [0.2, 0.25) is 0 Å². The van der Waals surface area contributed by atoms with Crippen LogP contribution in [0.5, 0.6) is 5.75 Å². The number of hydrogen-bond acceptors (Lipinski definition) is 5. The fourth-order valence-corrected chi connectivity index (χ4v) is 1.40. The molecule has 0 aliphatic carbocycles. The number of nitrogens with one attached hydrogen (secondary N) is 1. The summed E-state index contributed by atoms with van der Waals surface area (Å²) in [6, 6.07) is 9.02. The van der Waals surface area contributed by atoms with E-state index in [1.807, 2.05) is 26.0 Å². The lowest BCUT2D eigenvalue weighted by Crippen LogP contribution is -2.08. The molecule has 0 amide bonds. The fraction of sp³-hybridized carbons (Fsp3) is 0.333. The molecular weight excluding hydrogens is 256 g/mol. The van der Waals surface area contributed by atoms with E-state index in [9.17, 15) is 4.79 Å². The Balaban J connectivity index is 2.68. The number of hydrogen-bond donors (Lipinski definition) is 1. The number of benzene rings is 1. The zero-order valence-electron chi connectivity index (χ0n) is 11.8. The first kappa shape index (κ1) is 15.6. The summed E-state index contributed by atoms with van der Waals surface area (Å²) in [5, 5.41) is 11.7. The molecule has 1 N–H and O–H groups in total. The maximum atomic E-state index is 11.4. The molecule has 0 heterocycles. The van der Waals surface area contributed by atoms with Gasteiger partial charge in [-0.3, -0.25) is 0 Å². The van der Waals surface area contributed by atoms with Crippen molar-refractivity contribution in [3.05, 3.63) is 36.0 Å². The van der Waals surface area contributed by atoms with Crippen LogP contribution in [0, 0.1) is 11.3 Å². The van der Waals surface area contributed by atoms with Gasteiger partial charge in [0, 0.05) is 11.9 Å². The average molecular weight is 274 g/mol. The van der Waals surface area contributed by atoms with Gasteiger partial charge in [-0.15, -0.1) is 0 Å². The van der Waals surface area contributed by atoms with Gasteiger partial charge in [-0.05, 0) is 45.0 Å². The molecule has 1 rings (SSSR count). The van der Waals surface area contributed by atoms with E-state index in [2.05, 4.69) is 5.32 Å². The summed E-state index contributed by atoms with van der Waals surface area (Å²) in [5.74, 6) is 0.127. The Hall–Kier alpha value is -2.48. The van der Waals surface area contributed by atoms with Gasteiger partial charge in [0.2, 0.25) is 0 Å². The highest BCUT2D eigenvalue weighted by molar-refractivity contribution is 5.93. The van der Waals surface area contributed by atoms with Crippen molar-refractivity contribution in [2.75, 3.05) is 11.9 Å². The van der Waals surface area contributed by atoms with Crippen LogP contribution in [0.25, 0.3) is 0 Å². The lowest BCUT2D eigenvalue weighted by atomic mass is 10.3. The van der Waals surface area contributed by atoms with Crippen LogP contribution in [-0.4, -0.2) is 18.7 Å². The largest absolute Gasteiger partial charge is 0.491 e. The lowest BCUT2D eigenvalue weighted by Gasteiger charge is -2.10. The average Bonchev–Trinajstić information content (AvgIpc) is 2.41. The Morgan fingerprint density at radius 2 is 2.05 bits per heavy atom. The van der Waals surface area contributed by atoms with Crippen LogP contribution in [-0.2, 0) is 9.53 Å². The number of rotatable bonds is 6. The monoisotopic (exact) mass is 274 g/mol. The predicted molar refractivity (Wildman–Crippen MR) is 76.2 cm³/mol. The van der Waals surface area contributed by atoms with Crippen LogP contribution < -0.4 is 10.1 Å². The first-order valence-electron chi connectivity index (χ1n) is 6.37. The summed E-state index contributed by atoms with van der Waals surface area (Å²) in [6.45, 7) is 5.83. The second kappa shape index (κ2) is 7.85. The maximum Gasteiger partial charge on any atom is 0.350 e. The van der Waals surface area contributed by atoms with Gasteiger partial charge in [0.25, 0.3) is 0 Å². The third-order valence-electron chi connectivity index (χ3n) is 2.23. The molecule has 106 valence electrons. The Labute approximate surface area is 118 Å². The van der Waals surface area contributed by atoms with Crippen molar-refractivity contribution in [2.24, 2.45) is 0 Å². The van der Waals surface area contributed by atoms with Crippen LogP contribution in [0.4, 0.5) is 5.69 Å². The second-order valence-electron chi connectivity index (χ2n) is 4.23. The zero-order valence-corrected chi connectivity index (χ0v) is 11.8. The Bertz CT molecular complexity index is 513. The van der Waals surface area contributed by atoms with Gasteiger partial charge in [-0.25, -0.2) is 4.79 Å². The quantitative estimate of drug-likeness (QED) is 0.490. The molecule has 0 saturated carbocycles. The molecule has 0 spiro atoms. The lowest BCUT2D eigenvalue weighted by molar-refractivity contribution is -0.138. The van der Waals surface area contributed by atoms with Crippen molar-refractivity contribution in [1.82, 2.24) is 0 Å². The van der Waals surface area contributed by atoms with Gasteiger partial charge in [-0.2, -0.15) is 5.26 Å². The van der Waals surface area contributed by atoms with Gasteiger partial charge < -0.3 is 14.8 Å². The number of esters is 1. The van der Waals surface area contributed by atoms with E-state index in [-0.39, 0.29) is 18.3 Å². The molecule has 0 fully saturated rings. The minimum Gasteiger partial charge on any atom is -0.491 e. The summed E-state index contributed by atoms with van der Waals surface area (Å²) < 4.78 is 10.3. The first-order chi connectivity index (χ1) is 9.56. The van der Waals surface area contributed by atoms with Crippen LogP contribution in [0.3, 0.4) is 0 Å². The molecule has 20 heavy (non-hydrogen) atoms. The summed E-state index contributed by atoms with van der Waals surface area (Å²) in [7, 11) is 0. The Morgan fingerprint density at radius 1 is 1.40 bits per heavy atom. The number of carbonyl (C=O) groups excluding carboxylic acids is 1. The van der Waals surface area contributed by atoms with Gasteiger partial charge in [0.05, 0.1) is 12.7 Å². The van der Waals surface area contributed by atoms with Crippen molar-refractivity contribution in [2.45, 2.75) is 26.9 Å². The van der Waals surface area contributed by atoms with E-state index in [4.69, 9.17) is 14.7 Å². The minimum absolute atomic E-state index is 0.0747. The van der Waals surface area contributed by atoms with Gasteiger partial charge in [-0.1, -0.05) is 0 Å². The topological polar surface area (TPSA) is 71.4 Å². The molecule has 1 aromatic carbocycles. The molecule has 0 radical (unpaired) electrons. The maximum absolute atomic E-state index is 11.4. The highest BCUT2D eigenvalue weighted by Gasteiger charge is 2.09. The van der Waals surface area contributed by atoms with Crippen LogP contribution in [0.1, 0.15) is 20.8 Å². The number of nitriles is 1.